The zero-order chi connectivity index (χ0) is 32.7. The number of carbonyl (C=O) groups is 1. The van der Waals surface area contributed by atoms with E-state index < -0.39 is 6.09 Å². The fourth-order valence-corrected chi connectivity index (χ4v) is 5.90. The molecule has 0 saturated carbocycles. The Bertz CT molecular complexity index is 562. The number of amides is 1. The molecule has 0 aromatic heterocycles. The minimum Gasteiger partial charge on any atom is -0.447 e. The van der Waals surface area contributed by atoms with Crippen LogP contribution in [0.2, 0.25) is 0 Å². The largest absolute Gasteiger partial charge is 0.447 e. The van der Waals surface area contributed by atoms with Crippen LogP contribution in [0.1, 0.15) is 200 Å². The van der Waals surface area contributed by atoms with E-state index in [0.717, 1.165) is 26.1 Å². The van der Waals surface area contributed by atoms with Crippen molar-refractivity contribution in [2.75, 3.05) is 39.6 Å². The van der Waals surface area contributed by atoms with Crippen molar-refractivity contribution in [3.63, 3.8) is 0 Å². The normalized spacial score (nSPS) is 12.1. The van der Waals surface area contributed by atoms with Crippen LogP contribution in [0.25, 0.3) is 0 Å². The standard InChI is InChI=1S/C39H79NO5/c1-3-5-7-9-11-13-15-17-19-21-23-25-27-29-34-43-37-38(31-32-40-39(42)45-36-33-41)44-35-30-28-26-24-22-20-18-16-14-12-10-8-6-4-2/h38,41H,3-37H2,1-2H3,(H,40,42). The van der Waals surface area contributed by atoms with Gasteiger partial charge in [-0.2, -0.15) is 0 Å². The van der Waals surface area contributed by atoms with Crippen molar-refractivity contribution >= 4 is 6.09 Å². The maximum Gasteiger partial charge on any atom is 0.407 e. The second-order valence-corrected chi connectivity index (χ2v) is 13.3. The smallest absolute Gasteiger partial charge is 0.407 e. The molecule has 270 valence electrons. The van der Waals surface area contributed by atoms with E-state index >= 15 is 0 Å². The summed E-state index contributed by atoms with van der Waals surface area (Å²) in [6.45, 7) is 7.01. The van der Waals surface area contributed by atoms with E-state index in [9.17, 15) is 4.79 Å². The maximum atomic E-state index is 11.7. The SMILES string of the molecule is CCCCCCCCCCCCCCCCOCC(CCNC(=O)OCCO)OCCCCCCCCCCCCCCCC. The van der Waals surface area contributed by atoms with E-state index in [-0.39, 0.29) is 19.3 Å². The second kappa shape index (κ2) is 39.3. The number of hydrogen-bond donors (Lipinski definition) is 2. The molecule has 0 aliphatic heterocycles. The lowest BCUT2D eigenvalue weighted by Gasteiger charge is -2.18. The van der Waals surface area contributed by atoms with Gasteiger partial charge in [0.1, 0.15) is 6.61 Å². The molecule has 2 N–H and O–H groups in total. The number of nitrogens with one attached hydrogen (secondary N) is 1. The summed E-state index contributed by atoms with van der Waals surface area (Å²) in [6, 6.07) is 0. The van der Waals surface area contributed by atoms with Crippen LogP contribution in [0.4, 0.5) is 4.79 Å². The Morgan fingerprint density at radius 1 is 0.533 bits per heavy atom. The Morgan fingerprint density at radius 2 is 0.911 bits per heavy atom. The number of unbranched alkanes of at least 4 members (excludes halogenated alkanes) is 26. The van der Waals surface area contributed by atoms with Crippen molar-refractivity contribution in [1.82, 2.24) is 5.32 Å². The van der Waals surface area contributed by atoms with Gasteiger partial charge in [0.2, 0.25) is 0 Å². The van der Waals surface area contributed by atoms with Crippen LogP contribution in [0.5, 0.6) is 0 Å². The summed E-state index contributed by atoms with van der Waals surface area (Å²) in [5, 5.41) is 11.6. The third kappa shape index (κ3) is 37.5. The molecule has 0 aliphatic carbocycles. The Hall–Kier alpha value is -0.850. The van der Waals surface area contributed by atoms with Crippen LogP contribution in [0.15, 0.2) is 0 Å². The fourth-order valence-electron chi connectivity index (χ4n) is 5.90. The third-order valence-corrected chi connectivity index (χ3v) is 8.86. The quantitative estimate of drug-likeness (QED) is 0.0656. The lowest BCUT2D eigenvalue weighted by molar-refractivity contribution is -0.0220. The highest BCUT2D eigenvalue weighted by atomic mass is 16.6. The monoisotopic (exact) mass is 642 g/mol. The maximum absolute atomic E-state index is 11.7. The van der Waals surface area contributed by atoms with Gasteiger partial charge < -0.3 is 24.6 Å². The molecule has 1 atom stereocenters. The number of carbonyl (C=O) groups excluding carboxylic acids is 1. The molecule has 45 heavy (non-hydrogen) atoms. The van der Waals surface area contributed by atoms with Gasteiger partial charge in [0.25, 0.3) is 0 Å². The Labute approximate surface area is 280 Å². The van der Waals surface area contributed by atoms with Gasteiger partial charge in [-0.1, -0.05) is 181 Å². The van der Waals surface area contributed by atoms with E-state index in [1.807, 2.05) is 0 Å². The number of aliphatic hydroxyl groups is 1. The second-order valence-electron chi connectivity index (χ2n) is 13.3. The van der Waals surface area contributed by atoms with Gasteiger partial charge in [-0.3, -0.25) is 0 Å². The zero-order valence-electron chi connectivity index (χ0n) is 30.4. The van der Waals surface area contributed by atoms with E-state index in [1.54, 1.807) is 0 Å². The van der Waals surface area contributed by atoms with Crippen LogP contribution >= 0.6 is 0 Å². The molecule has 0 fully saturated rings. The molecule has 6 heteroatoms. The van der Waals surface area contributed by atoms with Gasteiger partial charge >= 0.3 is 6.09 Å². The molecule has 1 unspecified atom stereocenters. The number of alkyl carbamates (subject to hydrolysis) is 1. The molecule has 0 bridgehead atoms. The average Bonchev–Trinajstić information content (AvgIpc) is 3.05. The lowest BCUT2D eigenvalue weighted by atomic mass is 10.0. The van der Waals surface area contributed by atoms with E-state index in [1.165, 1.54) is 167 Å². The molecule has 1 amide bonds. The highest BCUT2D eigenvalue weighted by Gasteiger charge is 2.11. The third-order valence-electron chi connectivity index (χ3n) is 8.86. The molecule has 0 heterocycles. The van der Waals surface area contributed by atoms with Crippen molar-refractivity contribution in [3.05, 3.63) is 0 Å². The Balaban J connectivity index is 3.82. The molecule has 0 rings (SSSR count). The zero-order valence-corrected chi connectivity index (χ0v) is 30.4. The van der Waals surface area contributed by atoms with Gasteiger partial charge in [-0.25, -0.2) is 4.79 Å². The average molecular weight is 642 g/mol. The predicted octanol–water partition coefficient (Wildman–Crippen LogP) is 11.5. The summed E-state index contributed by atoms with van der Waals surface area (Å²) >= 11 is 0. The van der Waals surface area contributed by atoms with Crippen molar-refractivity contribution < 1.29 is 24.1 Å². The number of ether oxygens (including phenoxy) is 3. The minimum absolute atomic E-state index is 0.0169. The first kappa shape index (κ1) is 44.1. The van der Waals surface area contributed by atoms with E-state index in [4.69, 9.17) is 19.3 Å². The van der Waals surface area contributed by atoms with Gasteiger partial charge in [-0.05, 0) is 19.3 Å². The van der Waals surface area contributed by atoms with Gasteiger partial charge in [0.05, 0.1) is 19.3 Å². The number of aliphatic hydroxyl groups excluding tert-OH is 1. The van der Waals surface area contributed by atoms with E-state index in [2.05, 4.69) is 19.2 Å². The Kier molecular flexibility index (Phi) is 38.6. The van der Waals surface area contributed by atoms with Crippen molar-refractivity contribution in [2.45, 2.75) is 206 Å². The molecule has 0 aliphatic rings. The molecule has 0 aromatic rings. The fraction of sp³-hybridized carbons (Fsp3) is 0.974. The highest BCUT2D eigenvalue weighted by molar-refractivity contribution is 5.66. The number of rotatable bonds is 38. The summed E-state index contributed by atoms with van der Waals surface area (Å²) in [4.78, 5) is 11.7. The molecule has 0 spiro atoms. The van der Waals surface area contributed by atoms with E-state index in [0.29, 0.717) is 19.6 Å². The molecular formula is C39H79NO5. The molecule has 0 aromatic carbocycles. The highest BCUT2D eigenvalue weighted by Crippen LogP contribution is 2.15. The summed E-state index contributed by atoms with van der Waals surface area (Å²) in [5.41, 5.74) is 0. The summed E-state index contributed by atoms with van der Waals surface area (Å²) in [7, 11) is 0. The van der Waals surface area contributed by atoms with Gasteiger partial charge in [0.15, 0.2) is 0 Å². The summed E-state index contributed by atoms with van der Waals surface area (Å²) in [6.07, 6.45) is 38.2. The lowest BCUT2D eigenvalue weighted by Crippen LogP contribution is -2.31. The van der Waals surface area contributed by atoms with Crippen LogP contribution in [-0.4, -0.2) is 56.9 Å². The van der Waals surface area contributed by atoms with Crippen molar-refractivity contribution in [2.24, 2.45) is 0 Å². The first-order chi connectivity index (χ1) is 22.2. The summed E-state index contributed by atoms with van der Waals surface area (Å²) in [5.74, 6) is 0. The van der Waals surface area contributed by atoms with Gasteiger partial charge in [0, 0.05) is 19.8 Å². The van der Waals surface area contributed by atoms with Gasteiger partial charge in [-0.15, -0.1) is 0 Å². The minimum atomic E-state index is -0.488. The molecule has 0 saturated heterocycles. The molecule has 6 nitrogen and oxygen atoms in total. The van der Waals surface area contributed by atoms with Crippen LogP contribution < -0.4 is 5.32 Å². The predicted molar refractivity (Wildman–Crippen MR) is 192 cm³/mol. The topological polar surface area (TPSA) is 77.0 Å². The molecule has 0 radical (unpaired) electrons. The first-order valence-corrected chi connectivity index (χ1v) is 19.9. The van der Waals surface area contributed by atoms with Crippen molar-refractivity contribution in [3.8, 4) is 0 Å². The Morgan fingerprint density at radius 3 is 1.31 bits per heavy atom. The van der Waals surface area contributed by atoms with Crippen LogP contribution in [0, 0.1) is 0 Å². The number of hydrogen-bond acceptors (Lipinski definition) is 5. The summed E-state index contributed by atoms with van der Waals surface area (Å²) < 4.78 is 17.1. The molecular weight excluding hydrogens is 562 g/mol. The van der Waals surface area contributed by atoms with Crippen molar-refractivity contribution in [1.29, 1.82) is 0 Å². The first-order valence-electron chi connectivity index (χ1n) is 19.9. The van der Waals surface area contributed by atoms with Crippen LogP contribution in [-0.2, 0) is 14.2 Å². The van der Waals surface area contributed by atoms with Crippen LogP contribution in [0.3, 0.4) is 0 Å².